The number of likely N-dealkylation sites (N-methyl/N-ethyl adjacent to an activating group) is 1. The topological polar surface area (TPSA) is 49.5 Å². The average molecular weight is 445 g/mol. The van der Waals surface area contributed by atoms with E-state index in [1.807, 2.05) is 31.0 Å². The van der Waals surface area contributed by atoms with Gasteiger partial charge in [-0.15, -0.1) is 0 Å². The number of fused-ring (bicyclic) bond motifs is 5. The van der Waals surface area contributed by atoms with Crippen LogP contribution < -0.4 is 4.90 Å². The second-order valence-corrected chi connectivity index (χ2v) is 9.45. The minimum Gasteiger partial charge on any atom is -0.376 e. The molecule has 0 radical (unpaired) electrons. The third-order valence-corrected chi connectivity index (χ3v) is 7.44. The first-order chi connectivity index (χ1) is 16.6. The molecule has 166 valence electrons. The Balaban J connectivity index is 1.43. The van der Waals surface area contributed by atoms with Crippen LogP contribution >= 0.6 is 0 Å². The van der Waals surface area contributed by atoms with Gasteiger partial charge < -0.3 is 14.4 Å². The second-order valence-electron chi connectivity index (χ2n) is 9.45. The molecule has 3 aliphatic heterocycles. The molecule has 0 N–H and O–H groups in total. The maximum Gasteiger partial charge on any atom is 0.0682 e. The molecule has 0 aliphatic carbocycles. The van der Waals surface area contributed by atoms with Crippen molar-refractivity contribution < 1.29 is 0 Å². The highest BCUT2D eigenvalue weighted by Crippen LogP contribution is 2.49. The first-order valence-electron chi connectivity index (χ1n) is 11.6. The maximum atomic E-state index is 4.54. The van der Waals surface area contributed by atoms with Crippen molar-refractivity contribution in [3.05, 3.63) is 97.0 Å². The molecule has 6 heterocycles. The lowest BCUT2D eigenvalue weighted by Gasteiger charge is -2.35. The predicted molar refractivity (Wildman–Crippen MR) is 137 cm³/mol. The Morgan fingerprint density at radius 3 is 2.47 bits per heavy atom. The summed E-state index contributed by atoms with van der Waals surface area (Å²) in [6.07, 6.45) is 18.3. The van der Waals surface area contributed by atoms with Gasteiger partial charge in [-0.25, -0.2) is 0 Å². The molecule has 6 heteroatoms. The van der Waals surface area contributed by atoms with Crippen molar-refractivity contribution in [1.29, 1.82) is 0 Å². The lowest BCUT2D eigenvalue weighted by atomic mass is 9.77. The number of anilines is 1. The summed E-state index contributed by atoms with van der Waals surface area (Å²) in [5.41, 5.74) is 7.10. The molecule has 34 heavy (non-hydrogen) atoms. The molecule has 2 atom stereocenters. The molecule has 6 nitrogen and oxygen atoms in total. The van der Waals surface area contributed by atoms with Crippen molar-refractivity contribution >= 4 is 33.7 Å². The van der Waals surface area contributed by atoms with E-state index in [-0.39, 0.29) is 11.5 Å². The molecular weight excluding hydrogens is 420 g/mol. The highest BCUT2D eigenvalue weighted by Gasteiger charge is 2.49. The Morgan fingerprint density at radius 2 is 1.71 bits per heavy atom. The van der Waals surface area contributed by atoms with Gasteiger partial charge in [-0.3, -0.25) is 15.0 Å². The zero-order chi connectivity index (χ0) is 22.9. The number of allylic oxidation sites excluding steroid dienone is 1. The summed E-state index contributed by atoms with van der Waals surface area (Å²) in [4.78, 5) is 18.0. The summed E-state index contributed by atoms with van der Waals surface area (Å²) in [5, 5.41) is 2.22. The van der Waals surface area contributed by atoms with E-state index in [1.54, 1.807) is 0 Å². The summed E-state index contributed by atoms with van der Waals surface area (Å²) < 4.78 is 2.31. The van der Waals surface area contributed by atoms with Crippen molar-refractivity contribution in [2.75, 3.05) is 18.5 Å². The molecule has 0 bridgehead atoms. The van der Waals surface area contributed by atoms with Gasteiger partial charge in [-0.1, -0.05) is 6.07 Å². The van der Waals surface area contributed by atoms with Gasteiger partial charge in [0.1, 0.15) is 0 Å². The lowest BCUT2D eigenvalue weighted by molar-refractivity contribution is 0.433. The van der Waals surface area contributed by atoms with E-state index in [0.29, 0.717) is 0 Å². The molecule has 3 aromatic heterocycles. The van der Waals surface area contributed by atoms with Gasteiger partial charge in [0, 0.05) is 84.8 Å². The molecule has 0 saturated carbocycles. The number of hydrogen-bond acceptors (Lipinski definition) is 5. The fourth-order valence-corrected chi connectivity index (χ4v) is 5.79. The van der Waals surface area contributed by atoms with Crippen LogP contribution in [0.2, 0.25) is 0 Å². The number of pyridine rings is 2. The number of rotatable bonds is 2. The van der Waals surface area contributed by atoms with E-state index < -0.39 is 0 Å². The second kappa shape index (κ2) is 6.90. The van der Waals surface area contributed by atoms with Gasteiger partial charge in [0.15, 0.2) is 0 Å². The van der Waals surface area contributed by atoms with Gasteiger partial charge >= 0.3 is 0 Å². The molecule has 2 unspecified atom stereocenters. The van der Waals surface area contributed by atoms with Crippen LogP contribution in [0.3, 0.4) is 0 Å². The third-order valence-electron chi connectivity index (χ3n) is 7.44. The van der Waals surface area contributed by atoms with Crippen LogP contribution in [0.15, 0.2) is 102 Å². The SMILES string of the molecule is CN1C=CC2=C(C1)C1(C)C=NC=CC1N2c1cccc(-n2c3ccncc3c3cnccc32)c1. The molecular formula is C28H24N6. The van der Waals surface area contributed by atoms with E-state index in [2.05, 4.69) is 104 Å². The van der Waals surface area contributed by atoms with Crippen molar-refractivity contribution in [3.63, 3.8) is 0 Å². The van der Waals surface area contributed by atoms with E-state index in [4.69, 9.17) is 0 Å². The molecule has 4 aromatic rings. The number of aromatic nitrogens is 3. The van der Waals surface area contributed by atoms with Gasteiger partial charge in [0.05, 0.1) is 22.5 Å². The van der Waals surface area contributed by atoms with Crippen molar-refractivity contribution in [2.24, 2.45) is 10.4 Å². The van der Waals surface area contributed by atoms with E-state index in [1.165, 1.54) is 17.0 Å². The highest BCUT2D eigenvalue weighted by molar-refractivity contribution is 6.08. The van der Waals surface area contributed by atoms with Crippen molar-refractivity contribution in [2.45, 2.75) is 13.0 Å². The lowest BCUT2D eigenvalue weighted by Crippen LogP contribution is -2.41. The van der Waals surface area contributed by atoms with Crippen LogP contribution in [0.25, 0.3) is 27.5 Å². The Morgan fingerprint density at radius 1 is 0.971 bits per heavy atom. The number of benzene rings is 1. The summed E-state index contributed by atoms with van der Waals surface area (Å²) in [7, 11) is 2.13. The average Bonchev–Trinajstić information content (AvgIpc) is 3.34. The fourth-order valence-electron chi connectivity index (χ4n) is 5.79. The molecule has 3 aliphatic rings. The Bertz CT molecular complexity index is 1540. The van der Waals surface area contributed by atoms with Crippen LogP contribution in [0, 0.1) is 5.41 Å². The molecule has 0 fully saturated rings. The van der Waals surface area contributed by atoms with Crippen LogP contribution in [-0.2, 0) is 0 Å². The smallest absolute Gasteiger partial charge is 0.0682 e. The molecule has 0 saturated heterocycles. The highest BCUT2D eigenvalue weighted by atomic mass is 15.2. The maximum absolute atomic E-state index is 4.54. The molecule has 0 spiro atoms. The molecule has 1 aromatic carbocycles. The quantitative estimate of drug-likeness (QED) is 0.433. The van der Waals surface area contributed by atoms with Crippen LogP contribution in [-0.4, -0.2) is 45.3 Å². The largest absolute Gasteiger partial charge is 0.376 e. The first kappa shape index (κ1) is 19.3. The fraction of sp³-hybridized carbons (Fsp3) is 0.179. The third kappa shape index (κ3) is 2.53. The molecule has 0 amide bonds. The van der Waals surface area contributed by atoms with E-state index in [0.717, 1.165) is 34.0 Å². The summed E-state index contributed by atoms with van der Waals surface area (Å²) in [5.74, 6) is 0. The van der Waals surface area contributed by atoms with Gasteiger partial charge in [0.25, 0.3) is 0 Å². The Hall–Kier alpha value is -4.19. The standard InChI is InChI=1S/C28H24N6/c1-28-18-31-12-8-27(28)34(26-9-13-32(2)17-23(26)28)20-5-3-4-19(14-20)33-24-6-10-29-15-21(24)22-16-30-11-7-25(22)33/h3-16,18,27H,17H2,1-2H3. The zero-order valence-electron chi connectivity index (χ0n) is 19.1. The Labute approximate surface area is 197 Å². The van der Waals surface area contributed by atoms with Crippen LogP contribution in [0.5, 0.6) is 0 Å². The summed E-state index contributed by atoms with van der Waals surface area (Å²) >= 11 is 0. The monoisotopic (exact) mass is 444 g/mol. The van der Waals surface area contributed by atoms with Crippen LogP contribution in [0.4, 0.5) is 5.69 Å². The normalized spacial score (nSPS) is 23.3. The van der Waals surface area contributed by atoms with Crippen LogP contribution in [0.1, 0.15) is 6.92 Å². The van der Waals surface area contributed by atoms with Gasteiger partial charge in [-0.05, 0) is 55.0 Å². The Kier molecular flexibility index (Phi) is 3.92. The number of hydrogen-bond donors (Lipinski definition) is 0. The zero-order valence-corrected chi connectivity index (χ0v) is 19.1. The molecule has 7 rings (SSSR count). The minimum absolute atomic E-state index is 0.136. The summed E-state index contributed by atoms with van der Waals surface area (Å²) in [6.45, 7) is 3.21. The minimum atomic E-state index is -0.136. The van der Waals surface area contributed by atoms with Gasteiger partial charge in [0.2, 0.25) is 0 Å². The van der Waals surface area contributed by atoms with E-state index >= 15 is 0 Å². The number of aliphatic imine (C=N–C) groups is 1. The predicted octanol–water partition coefficient (Wildman–Crippen LogP) is 5.08. The van der Waals surface area contributed by atoms with Crippen molar-refractivity contribution in [1.82, 2.24) is 19.4 Å². The van der Waals surface area contributed by atoms with Gasteiger partial charge in [-0.2, -0.15) is 0 Å². The summed E-state index contributed by atoms with van der Waals surface area (Å²) in [6, 6.07) is 13.2. The van der Waals surface area contributed by atoms with E-state index in [9.17, 15) is 0 Å². The number of nitrogens with zero attached hydrogens (tertiary/aromatic N) is 6. The first-order valence-corrected chi connectivity index (χ1v) is 11.6. The van der Waals surface area contributed by atoms with Crippen molar-refractivity contribution in [3.8, 4) is 5.69 Å².